The van der Waals surface area contributed by atoms with Crippen LogP contribution < -0.4 is 26.0 Å². The van der Waals surface area contributed by atoms with Gasteiger partial charge in [-0.25, -0.2) is 0 Å². The summed E-state index contributed by atoms with van der Waals surface area (Å²) in [6, 6.07) is 41.1. The van der Waals surface area contributed by atoms with E-state index < -0.39 is 21.3 Å². The highest BCUT2D eigenvalue weighted by atomic mass is 32.4. The van der Waals surface area contributed by atoms with Gasteiger partial charge in [0.05, 0.1) is 0 Å². The predicted molar refractivity (Wildman–Crippen MR) is 158 cm³/mol. The Morgan fingerprint density at radius 1 is 0.545 bits per heavy atom. The Balaban J connectivity index is 2.15. The third-order valence-corrected chi connectivity index (χ3v) is 18.7. The number of hydrogen-bond donors (Lipinski definition) is 1. The van der Waals surface area contributed by atoms with Gasteiger partial charge in [-0.05, 0) is 26.8 Å². The first kappa shape index (κ1) is 24.1. The lowest BCUT2D eigenvalue weighted by atomic mass is 10.4. The first-order valence-electron chi connectivity index (χ1n) is 11.2. The molecule has 0 aromatic heterocycles. The van der Waals surface area contributed by atoms with Gasteiger partial charge in [-0.1, -0.05) is 153 Å². The molecule has 168 valence electrons. The molecular formula is C28H31NP2SSi. The summed E-state index contributed by atoms with van der Waals surface area (Å²) in [7, 11) is -3.86. The van der Waals surface area contributed by atoms with Crippen LogP contribution in [0.4, 0.5) is 0 Å². The molecule has 0 heterocycles. The average Bonchev–Trinajstić information content (AvgIpc) is 2.85. The maximum Gasteiger partial charge on any atom is 0.120 e. The van der Waals surface area contributed by atoms with E-state index in [0.717, 1.165) is 0 Å². The van der Waals surface area contributed by atoms with Crippen molar-refractivity contribution >= 4 is 59.9 Å². The van der Waals surface area contributed by atoms with Crippen molar-refractivity contribution in [3.63, 3.8) is 0 Å². The van der Waals surface area contributed by atoms with E-state index in [9.17, 15) is 0 Å². The molecule has 0 aliphatic rings. The molecular weight excluding hydrogens is 472 g/mol. The van der Waals surface area contributed by atoms with E-state index in [4.69, 9.17) is 11.8 Å². The van der Waals surface area contributed by atoms with Crippen molar-refractivity contribution in [2.45, 2.75) is 19.6 Å². The molecule has 0 aliphatic heterocycles. The number of hydrogen-bond acceptors (Lipinski definition) is 2. The van der Waals surface area contributed by atoms with Crippen LogP contribution in [-0.2, 0) is 11.8 Å². The van der Waals surface area contributed by atoms with E-state index in [2.05, 4.69) is 151 Å². The molecule has 0 atom stereocenters. The Hall–Kier alpha value is -1.99. The summed E-state index contributed by atoms with van der Waals surface area (Å²) in [6.07, 6.45) is 0. The minimum atomic E-state index is -2.25. The first-order chi connectivity index (χ1) is 15.8. The van der Waals surface area contributed by atoms with Gasteiger partial charge < -0.3 is 4.75 Å². The molecule has 0 radical (unpaired) electrons. The summed E-state index contributed by atoms with van der Waals surface area (Å²) in [5.74, 6) is 0. The second-order valence-electron chi connectivity index (χ2n) is 9.20. The highest BCUT2D eigenvalue weighted by Gasteiger charge is 2.32. The quantitative estimate of drug-likeness (QED) is 0.250. The molecule has 0 saturated heterocycles. The smallest absolute Gasteiger partial charge is 0.120 e. The predicted octanol–water partition coefficient (Wildman–Crippen LogP) is 5.88. The molecule has 33 heavy (non-hydrogen) atoms. The van der Waals surface area contributed by atoms with Crippen molar-refractivity contribution < 1.29 is 0 Å². The Bertz CT molecular complexity index is 1200. The molecule has 0 spiro atoms. The third-order valence-electron chi connectivity index (χ3n) is 5.45. The summed E-state index contributed by atoms with van der Waals surface area (Å²) in [5, 5.41) is 5.14. The molecule has 1 N–H and O–H groups in total. The van der Waals surface area contributed by atoms with E-state index in [-0.39, 0.29) is 0 Å². The van der Waals surface area contributed by atoms with Crippen molar-refractivity contribution in [2.24, 2.45) is 0 Å². The molecule has 1 nitrogen and oxygen atoms in total. The van der Waals surface area contributed by atoms with Gasteiger partial charge in [-0.15, -0.1) is 0 Å². The highest BCUT2D eigenvalue weighted by Crippen LogP contribution is 2.53. The van der Waals surface area contributed by atoms with Crippen LogP contribution in [0, 0.1) is 0 Å². The molecule has 4 rings (SSSR count). The van der Waals surface area contributed by atoms with Crippen LogP contribution in [0.1, 0.15) is 0 Å². The van der Waals surface area contributed by atoms with Crippen LogP contribution in [0.15, 0.2) is 121 Å². The van der Waals surface area contributed by atoms with Gasteiger partial charge >= 0.3 is 0 Å². The van der Waals surface area contributed by atoms with E-state index in [1.165, 1.54) is 21.2 Å². The van der Waals surface area contributed by atoms with E-state index in [1.807, 2.05) is 0 Å². The minimum absolute atomic E-state index is 1.24. The number of rotatable bonds is 7. The fraction of sp³-hybridized carbons (Fsp3) is 0.107. The van der Waals surface area contributed by atoms with Crippen LogP contribution in [0.5, 0.6) is 0 Å². The van der Waals surface area contributed by atoms with Gasteiger partial charge in [-0.2, -0.15) is 0 Å². The first-order valence-corrected chi connectivity index (χ1v) is 19.4. The van der Waals surface area contributed by atoms with Crippen LogP contribution in [0.25, 0.3) is 0 Å². The van der Waals surface area contributed by atoms with Gasteiger partial charge in [0.1, 0.15) is 8.24 Å². The molecule has 0 amide bonds. The Morgan fingerprint density at radius 2 is 0.848 bits per heavy atom. The van der Waals surface area contributed by atoms with E-state index in [0.29, 0.717) is 0 Å². The number of benzene rings is 4. The molecule has 4 aromatic rings. The van der Waals surface area contributed by atoms with Crippen molar-refractivity contribution in [2.75, 3.05) is 0 Å². The highest BCUT2D eigenvalue weighted by molar-refractivity contribution is 8.33. The van der Waals surface area contributed by atoms with Crippen LogP contribution in [0.2, 0.25) is 19.6 Å². The normalized spacial score (nSPS) is 12.3. The zero-order valence-corrected chi connectivity index (χ0v) is 23.0. The lowest BCUT2D eigenvalue weighted by Gasteiger charge is -2.37. The third kappa shape index (κ3) is 5.40. The van der Waals surface area contributed by atoms with E-state index in [1.54, 1.807) is 0 Å². The zero-order valence-electron chi connectivity index (χ0n) is 19.4. The maximum atomic E-state index is 6.73. The summed E-state index contributed by atoms with van der Waals surface area (Å²) in [5.41, 5.74) is 2.59. The van der Waals surface area contributed by atoms with Crippen molar-refractivity contribution in [3.05, 3.63) is 121 Å². The van der Waals surface area contributed by atoms with Gasteiger partial charge in [0.15, 0.2) is 0 Å². The lowest BCUT2D eigenvalue weighted by molar-refractivity contribution is 1.43. The fourth-order valence-corrected chi connectivity index (χ4v) is 19.3. The van der Waals surface area contributed by atoms with E-state index >= 15 is 0 Å². The van der Waals surface area contributed by atoms with Crippen LogP contribution in [0.3, 0.4) is 0 Å². The average molecular weight is 504 g/mol. The monoisotopic (exact) mass is 503 g/mol. The topological polar surface area (TPSA) is 12.0 Å². The molecule has 0 aliphatic carbocycles. The van der Waals surface area contributed by atoms with Crippen molar-refractivity contribution in [1.29, 1.82) is 0 Å². The number of nitrogens with one attached hydrogen (secondary N) is 1. The lowest BCUT2D eigenvalue weighted by Crippen LogP contribution is -2.45. The largest absolute Gasteiger partial charge is 0.311 e. The summed E-state index contributed by atoms with van der Waals surface area (Å²) < 4.78 is 4.25. The molecule has 5 heteroatoms. The molecule has 4 aromatic carbocycles. The maximum absolute atomic E-state index is 6.73. The molecule has 0 bridgehead atoms. The van der Waals surface area contributed by atoms with Gasteiger partial charge in [0.2, 0.25) is 0 Å². The molecule has 0 unspecified atom stereocenters. The second kappa shape index (κ2) is 10.1. The Labute approximate surface area is 205 Å². The van der Waals surface area contributed by atoms with Crippen molar-refractivity contribution in [1.82, 2.24) is 4.75 Å². The molecule has 0 saturated carbocycles. The van der Waals surface area contributed by atoms with Gasteiger partial charge in [-0.3, -0.25) is 0 Å². The van der Waals surface area contributed by atoms with Gasteiger partial charge in [0.25, 0.3) is 0 Å². The Kier molecular flexibility index (Phi) is 7.39. The minimum Gasteiger partial charge on any atom is -0.311 e. The van der Waals surface area contributed by atoms with Crippen molar-refractivity contribution in [3.8, 4) is 0 Å². The summed E-state index contributed by atoms with van der Waals surface area (Å²) in [6.45, 7) is 7.15. The fourth-order valence-electron chi connectivity index (χ4n) is 4.12. The summed E-state index contributed by atoms with van der Waals surface area (Å²) in [4.78, 5) is 0. The Morgan fingerprint density at radius 3 is 1.15 bits per heavy atom. The zero-order chi connectivity index (χ0) is 23.4. The van der Waals surface area contributed by atoms with Gasteiger partial charge in [0, 0.05) is 13.1 Å². The van der Waals surface area contributed by atoms with Crippen LogP contribution in [-0.4, -0.2) is 13.8 Å². The SMILES string of the molecule is C[Si](C)(C)NP(=CP(=S)(c1ccccc1)c1ccccc1)(c1ccccc1)c1ccccc1. The summed E-state index contributed by atoms with van der Waals surface area (Å²) >= 11 is 6.73. The second-order valence-corrected chi connectivity index (χ2v) is 22.1. The standard InChI is InChI=1S/C28H31NP2SSi/c1-33(2,3)29-30(25-16-8-4-9-17-25,26-18-10-5-11-19-26)24-31(32,27-20-12-6-13-21-27)28-22-14-7-15-23-28/h4-24,29H,1-3H3. The van der Waals surface area contributed by atoms with Crippen LogP contribution >= 0.6 is 13.1 Å². The molecule has 0 fully saturated rings.